The quantitative estimate of drug-likeness (QED) is 0.232. The molecule has 128 valence electrons. The molecule has 0 aliphatic carbocycles. The normalized spacial score (nSPS) is 10.2. The molecule has 0 fully saturated rings. The Bertz CT molecular complexity index is 311. The molecule has 0 unspecified atom stereocenters. The van der Waals surface area contributed by atoms with E-state index in [1.807, 2.05) is 23.5 Å². The highest BCUT2D eigenvalue weighted by Gasteiger charge is 1.98. The van der Waals surface area contributed by atoms with Gasteiger partial charge in [0.15, 0.2) is 0 Å². The second-order valence-electron chi connectivity index (χ2n) is 5.71. The molecule has 0 aromatic heterocycles. The van der Waals surface area contributed by atoms with Gasteiger partial charge in [-0.15, -0.1) is 23.5 Å². The Kier molecular flexibility index (Phi) is 17.4. The lowest BCUT2D eigenvalue weighted by molar-refractivity contribution is 0.778. The summed E-state index contributed by atoms with van der Waals surface area (Å²) >= 11 is 4.00. The van der Waals surface area contributed by atoms with Crippen molar-refractivity contribution in [2.45, 2.75) is 91.9 Å². The lowest BCUT2D eigenvalue weighted by Gasteiger charge is -2.03. The van der Waals surface area contributed by atoms with Crippen LogP contribution in [0.5, 0.6) is 0 Å². The molecule has 0 heterocycles. The average Bonchev–Trinajstić information content (AvgIpc) is 2.52. The molecule has 0 atom stereocenters. The standard InChI is InChI=1S/C20H36S2/c1-5-9-11-17-21-19(13-7-3)15-16-20(14-8-4)22-18-12-10-6-2/h5-14,17-18H2,1-4H3. The molecule has 0 N–H and O–H groups in total. The van der Waals surface area contributed by atoms with Gasteiger partial charge in [0.2, 0.25) is 0 Å². The molecular formula is C20H36S2. The zero-order chi connectivity index (χ0) is 16.5. The number of allylic oxidation sites excluding steroid dienone is 2. The zero-order valence-corrected chi connectivity index (χ0v) is 16.9. The van der Waals surface area contributed by atoms with Crippen molar-refractivity contribution >= 4 is 23.5 Å². The number of rotatable bonds is 14. The van der Waals surface area contributed by atoms with Gasteiger partial charge in [0, 0.05) is 9.81 Å². The van der Waals surface area contributed by atoms with Gasteiger partial charge in [-0.2, -0.15) is 0 Å². The molecule has 0 aromatic rings. The molecular weight excluding hydrogens is 304 g/mol. The summed E-state index contributed by atoms with van der Waals surface area (Å²) in [7, 11) is 0. The van der Waals surface area contributed by atoms with Gasteiger partial charge >= 0.3 is 0 Å². The van der Waals surface area contributed by atoms with Gasteiger partial charge in [0.05, 0.1) is 0 Å². The van der Waals surface area contributed by atoms with Crippen LogP contribution in [0, 0.1) is 0 Å². The lowest BCUT2D eigenvalue weighted by Crippen LogP contribution is -1.83. The van der Waals surface area contributed by atoms with E-state index in [9.17, 15) is 0 Å². The first kappa shape index (κ1) is 22.0. The maximum Gasteiger partial charge on any atom is 0.0350 e. The van der Waals surface area contributed by atoms with E-state index < -0.39 is 0 Å². The first-order valence-corrected chi connectivity index (χ1v) is 11.2. The largest absolute Gasteiger partial charge is 0.121 e. The van der Waals surface area contributed by atoms with Crippen molar-refractivity contribution in [2.75, 3.05) is 11.5 Å². The molecule has 0 saturated carbocycles. The third kappa shape index (κ3) is 13.6. The van der Waals surface area contributed by atoms with Crippen LogP contribution in [0.1, 0.15) is 91.9 Å². The fourth-order valence-electron chi connectivity index (χ4n) is 2.03. The van der Waals surface area contributed by atoms with E-state index in [1.54, 1.807) is 0 Å². The minimum atomic E-state index is 1.16. The summed E-state index contributed by atoms with van der Waals surface area (Å²) in [6.07, 6.45) is 12.7. The Morgan fingerprint density at radius 2 is 1.00 bits per heavy atom. The summed E-state index contributed by atoms with van der Waals surface area (Å²) in [5.41, 5.74) is 6.99. The first-order valence-electron chi connectivity index (χ1n) is 9.27. The van der Waals surface area contributed by atoms with E-state index in [-0.39, 0.29) is 0 Å². The first-order chi connectivity index (χ1) is 10.8. The number of hydrogen-bond acceptors (Lipinski definition) is 2. The number of unbranched alkanes of at least 4 members (excludes halogenated alkanes) is 4. The van der Waals surface area contributed by atoms with Crippen LogP contribution in [0.15, 0.2) is 21.3 Å². The van der Waals surface area contributed by atoms with Crippen LogP contribution in [0.4, 0.5) is 0 Å². The molecule has 0 spiro atoms. The molecule has 0 aromatic carbocycles. The summed E-state index contributed by atoms with van der Waals surface area (Å²) in [4.78, 5) is 2.81. The smallest absolute Gasteiger partial charge is 0.0350 e. The maximum absolute atomic E-state index is 3.50. The van der Waals surface area contributed by atoms with E-state index in [2.05, 4.69) is 39.2 Å². The van der Waals surface area contributed by atoms with E-state index in [0.717, 1.165) is 12.8 Å². The van der Waals surface area contributed by atoms with Gasteiger partial charge < -0.3 is 0 Å². The van der Waals surface area contributed by atoms with Gasteiger partial charge in [0.25, 0.3) is 0 Å². The van der Waals surface area contributed by atoms with Crippen LogP contribution >= 0.6 is 23.5 Å². The highest BCUT2D eigenvalue weighted by molar-refractivity contribution is 8.03. The fraction of sp³-hybridized carbons (Fsp3) is 0.800. The minimum absolute atomic E-state index is 1.16. The van der Waals surface area contributed by atoms with Gasteiger partial charge in [-0.3, -0.25) is 0 Å². The minimum Gasteiger partial charge on any atom is -0.121 e. The fourth-order valence-corrected chi connectivity index (χ4v) is 4.16. The third-order valence-corrected chi connectivity index (χ3v) is 5.64. The van der Waals surface area contributed by atoms with Crippen molar-refractivity contribution in [3.8, 4) is 0 Å². The van der Waals surface area contributed by atoms with Gasteiger partial charge in [0.1, 0.15) is 0 Å². The molecule has 22 heavy (non-hydrogen) atoms. The Morgan fingerprint density at radius 1 is 0.591 bits per heavy atom. The Morgan fingerprint density at radius 3 is 1.32 bits per heavy atom. The summed E-state index contributed by atoms with van der Waals surface area (Å²) in [6, 6.07) is 0. The van der Waals surface area contributed by atoms with Crippen molar-refractivity contribution < 1.29 is 0 Å². The van der Waals surface area contributed by atoms with Crippen LogP contribution in [0.25, 0.3) is 0 Å². The molecule has 0 bridgehead atoms. The highest BCUT2D eigenvalue weighted by atomic mass is 32.2. The molecule has 0 nitrogen and oxygen atoms in total. The Hall–Kier alpha value is -0.0000000000000000555. The monoisotopic (exact) mass is 340 g/mol. The molecule has 0 aliphatic heterocycles. The van der Waals surface area contributed by atoms with Crippen molar-refractivity contribution in [3.63, 3.8) is 0 Å². The van der Waals surface area contributed by atoms with Gasteiger partial charge in [-0.25, -0.2) is 0 Å². The zero-order valence-electron chi connectivity index (χ0n) is 15.3. The van der Waals surface area contributed by atoms with Crippen LogP contribution in [-0.4, -0.2) is 11.5 Å². The van der Waals surface area contributed by atoms with E-state index >= 15 is 0 Å². The Labute approximate surface area is 148 Å². The van der Waals surface area contributed by atoms with Crippen LogP contribution in [0.2, 0.25) is 0 Å². The lowest BCUT2D eigenvalue weighted by atomic mass is 10.3. The van der Waals surface area contributed by atoms with E-state index in [1.165, 1.54) is 72.7 Å². The van der Waals surface area contributed by atoms with Crippen molar-refractivity contribution in [1.82, 2.24) is 0 Å². The SMILES string of the molecule is CCCCCSC(=C=C=C(CCC)SCCCCC)CCC. The van der Waals surface area contributed by atoms with E-state index in [0.29, 0.717) is 0 Å². The summed E-state index contributed by atoms with van der Waals surface area (Å²) < 4.78 is 0. The average molecular weight is 341 g/mol. The van der Waals surface area contributed by atoms with Crippen LogP contribution in [-0.2, 0) is 0 Å². The molecule has 0 saturated heterocycles. The van der Waals surface area contributed by atoms with Crippen molar-refractivity contribution in [3.05, 3.63) is 21.3 Å². The molecule has 0 amide bonds. The predicted molar refractivity (Wildman–Crippen MR) is 108 cm³/mol. The number of thioether (sulfide) groups is 2. The molecule has 0 rings (SSSR count). The number of hydrogen-bond donors (Lipinski definition) is 0. The summed E-state index contributed by atoms with van der Waals surface area (Å²) in [5, 5.41) is 0. The van der Waals surface area contributed by atoms with Gasteiger partial charge in [-0.05, 0) is 37.2 Å². The van der Waals surface area contributed by atoms with Crippen LogP contribution in [0.3, 0.4) is 0 Å². The second kappa shape index (κ2) is 17.4. The molecule has 2 heteroatoms. The van der Waals surface area contributed by atoms with E-state index in [4.69, 9.17) is 0 Å². The van der Waals surface area contributed by atoms with Crippen molar-refractivity contribution in [1.29, 1.82) is 0 Å². The maximum atomic E-state index is 3.50. The highest BCUT2D eigenvalue weighted by Crippen LogP contribution is 2.24. The molecule has 0 radical (unpaired) electrons. The third-order valence-electron chi connectivity index (χ3n) is 3.34. The van der Waals surface area contributed by atoms with Crippen LogP contribution < -0.4 is 0 Å². The van der Waals surface area contributed by atoms with Gasteiger partial charge in [-0.1, -0.05) is 77.7 Å². The van der Waals surface area contributed by atoms with Crippen molar-refractivity contribution in [2.24, 2.45) is 0 Å². The summed E-state index contributed by atoms with van der Waals surface area (Å²) in [6.45, 7) is 9.04. The summed E-state index contributed by atoms with van der Waals surface area (Å²) in [5.74, 6) is 2.48. The topological polar surface area (TPSA) is 0 Å². The Balaban J connectivity index is 4.68. The predicted octanol–water partition coefficient (Wildman–Crippen LogP) is 7.96. The molecule has 0 aliphatic rings. The second-order valence-corrected chi connectivity index (χ2v) is 8.09.